The minimum Gasteiger partial charge on any atom is -0.495 e. The number of rotatable bonds is 6. The van der Waals surface area contributed by atoms with Crippen molar-refractivity contribution in [3.8, 4) is 5.75 Å². The molecule has 3 heteroatoms. The molecule has 0 saturated carbocycles. The van der Waals surface area contributed by atoms with Crippen LogP contribution in [-0.4, -0.2) is 38.7 Å². The van der Waals surface area contributed by atoms with Crippen LogP contribution >= 0.6 is 0 Å². The van der Waals surface area contributed by atoms with Crippen molar-refractivity contribution in [3.05, 3.63) is 23.8 Å². The first-order valence-corrected chi connectivity index (χ1v) is 6.90. The summed E-state index contributed by atoms with van der Waals surface area (Å²) in [5, 5.41) is 3.14. The summed E-state index contributed by atoms with van der Waals surface area (Å²) >= 11 is 0. The SMILES string of the molecule is CNc1ccc(CCCN2CCCC2)cc1OC. The van der Waals surface area contributed by atoms with Gasteiger partial charge in [-0.1, -0.05) is 6.07 Å². The Morgan fingerprint density at radius 2 is 2.06 bits per heavy atom. The molecule has 0 spiro atoms. The normalized spacial score (nSPS) is 15.9. The molecule has 0 atom stereocenters. The van der Waals surface area contributed by atoms with Gasteiger partial charge in [0, 0.05) is 7.05 Å². The number of ether oxygens (including phenoxy) is 1. The van der Waals surface area contributed by atoms with Crippen LogP contribution in [0.5, 0.6) is 5.75 Å². The zero-order valence-corrected chi connectivity index (χ0v) is 11.5. The molecule has 1 fully saturated rings. The van der Waals surface area contributed by atoms with Gasteiger partial charge >= 0.3 is 0 Å². The average molecular weight is 248 g/mol. The van der Waals surface area contributed by atoms with Crippen LogP contribution in [0, 0.1) is 0 Å². The topological polar surface area (TPSA) is 24.5 Å². The molecule has 1 saturated heterocycles. The van der Waals surface area contributed by atoms with Gasteiger partial charge in [0.1, 0.15) is 5.75 Å². The van der Waals surface area contributed by atoms with E-state index in [-0.39, 0.29) is 0 Å². The number of nitrogens with zero attached hydrogens (tertiary/aromatic N) is 1. The van der Waals surface area contributed by atoms with E-state index in [1.165, 1.54) is 44.5 Å². The van der Waals surface area contributed by atoms with E-state index in [0.29, 0.717) is 0 Å². The van der Waals surface area contributed by atoms with E-state index in [0.717, 1.165) is 17.9 Å². The van der Waals surface area contributed by atoms with Crippen LogP contribution in [0.2, 0.25) is 0 Å². The first kappa shape index (κ1) is 13.2. The van der Waals surface area contributed by atoms with E-state index in [1.807, 2.05) is 7.05 Å². The van der Waals surface area contributed by atoms with Gasteiger partial charge in [-0.3, -0.25) is 0 Å². The van der Waals surface area contributed by atoms with Crippen molar-refractivity contribution in [3.63, 3.8) is 0 Å². The van der Waals surface area contributed by atoms with Crippen LogP contribution in [0.25, 0.3) is 0 Å². The first-order valence-electron chi connectivity index (χ1n) is 6.90. The predicted octanol–water partition coefficient (Wildman–Crippen LogP) is 2.77. The van der Waals surface area contributed by atoms with Crippen molar-refractivity contribution >= 4 is 5.69 Å². The Balaban J connectivity index is 1.84. The third-order valence-electron chi connectivity index (χ3n) is 3.67. The molecule has 100 valence electrons. The van der Waals surface area contributed by atoms with Crippen molar-refractivity contribution in [1.29, 1.82) is 0 Å². The largest absolute Gasteiger partial charge is 0.495 e. The third-order valence-corrected chi connectivity index (χ3v) is 3.67. The maximum Gasteiger partial charge on any atom is 0.142 e. The van der Waals surface area contributed by atoms with Crippen LogP contribution in [-0.2, 0) is 6.42 Å². The monoisotopic (exact) mass is 248 g/mol. The van der Waals surface area contributed by atoms with E-state index < -0.39 is 0 Å². The zero-order valence-electron chi connectivity index (χ0n) is 11.5. The molecule has 18 heavy (non-hydrogen) atoms. The second-order valence-electron chi connectivity index (χ2n) is 4.94. The lowest BCUT2D eigenvalue weighted by atomic mass is 10.1. The van der Waals surface area contributed by atoms with Crippen LogP contribution in [0.3, 0.4) is 0 Å². The smallest absolute Gasteiger partial charge is 0.142 e. The van der Waals surface area contributed by atoms with Gasteiger partial charge < -0.3 is 15.0 Å². The van der Waals surface area contributed by atoms with Gasteiger partial charge in [-0.15, -0.1) is 0 Å². The van der Waals surface area contributed by atoms with E-state index >= 15 is 0 Å². The molecular weight excluding hydrogens is 224 g/mol. The fraction of sp³-hybridized carbons (Fsp3) is 0.600. The lowest BCUT2D eigenvalue weighted by Gasteiger charge is -2.14. The molecule has 0 unspecified atom stereocenters. The number of hydrogen-bond acceptors (Lipinski definition) is 3. The highest BCUT2D eigenvalue weighted by Crippen LogP contribution is 2.25. The molecular formula is C15H24N2O. The number of hydrogen-bond donors (Lipinski definition) is 1. The Hall–Kier alpha value is -1.22. The van der Waals surface area contributed by atoms with Crippen molar-refractivity contribution < 1.29 is 4.74 Å². The summed E-state index contributed by atoms with van der Waals surface area (Å²) in [6, 6.07) is 6.44. The summed E-state index contributed by atoms with van der Waals surface area (Å²) in [6.45, 7) is 3.82. The average Bonchev–Trinajstić information content (AvgIpc) is 2.91. The highest BCUT2D eigenvalue weighted by molar-refractivity contribution is 5.57. The van der Waals surface area contributed by atoms with Crippen LogP contribution in [0.15, 0.2) is 18.2 Å². The molecule has 1 N–H and O–H groups in total. The molecule has 3 nitrogen and oxygen atoms in total. The van der Waals surface area contributed by atoms with Gasteiger partial charge in [0.05, 0.1) is 12.8 Å². The summed E-state index contributed by atoms with van der Waals surface area (Å²) in [7, 11) is 3.65. The fourth-order valence-corrected chi connectivity index (χ4v) is 2.61. The van der Waals surface area contributed by atoms with Crippen molar-refractivity contribution in [2.75, 3.05) is 39.1 Å². The second-order valence-corrected chi connectivity index (χ2v) is 4.94. The van der Waals surface area contributed by atoms with Crippen LogP contribution in [0.1, 0.15) is 24.8 Å². The molecule has 0 amide bonds. The van der Waals surface area contributed by atoms with Gasteiger partial charge in [-0.2, -0.15) is 0 Å². The molecule has 1 aliphatic heterocycles. The van der Waals surface area contributed by atoms with Gasteiger partial charge in [-0.25, -0.2) is 0 Å². The summed E-state index contributed by atoms with van der Waals surface area (Å²) in [5.41, 5.74) is 2.42. The van der Waals surface area contributed by atoms with E-state index in [4.69, 9.17) is 4.74 Å². The van der Waals surface area contributed by atoms with Gasteiger partial charge in [0.15, 0.2) is 0 Å². The predicted molar refractivity (Wildman–Crippen MR) is 76.5 cm³/mol. The third kappa shape index (κ3) is 3.39. The van der Waals surface area contributed by atoms with Crippen molar-refractivity contribution in [1.82, 2.24) is 4.90 Å². The Morgan fingerprint density at radius 1 is 1.28 bits per heavy atom. The second kappa shape index (κ2) is 6.64. The maximum absolute atomic E-state index is 5.38. The molecule has 2 rings (SSSR count). The summed E-state index contributed by atoms with van der Waals surface area (Å²) in [6.07, 6.45) is 5.13. The number of nitrogens with one attached hydrogen (secondary N) is 1. The van der Waals surface area contributed by atoms with E-state index in [9.17, 15) is 0 Å². The Morgan fingerprint density at radius 3 is 2.72 bits per heavy atom. The number of methoxy groups -OCH3 is 1. The zero-order chi connectivity index (χ0) is 12.8. The van der Waals surface area contributed by atoms with Crippen molar-refractivity contribution in [2.24, 2.45) is 0 Å². The number of likely N-dealkylation sites (tertiary alicyclic amines) is 1. The minimum atomic E-state index is 0.941. The quantitative estimate of drug-likeness (QED) is 0.838. The van der Waals surface area contributed by atoms with Gasteiger partial charge in [0.2, 0.25) is 0 Å². The van der Waals surface area contributed by atoms with Crippen LogP contribution < -0.4 is 10.1 Å². The summed E-state index contributed by atoms with van der Waals surface area (Å²) < 4.78 is 5.38. The molecule has 1 aromatic rings. The van der Waals surface area contributed by atoms with Gasteiger partial charge in [0.25, 0.3) is 0 Å². The molecule has 0 radical (unpaired) electrons. The number of anilines is 1. The highest BCUT2D eigenvalue weighted by atomic mass is 16.5. The van der Waals surface area contributed by atoms with E-state index in [1.54, 1.807) is 7.11 Å². The highest BCUT2D eigenvalue weighted by Gasteiger charge is 2.10. The Bertz CT molecular complexity index is 373. The molecule has 0 bridgehead atoms. The number of benzene rings is 1. The lowest BCUT2D eigenvalue weighted by Crippen LogP contribution is -2.20. The standard InChI is InChI=1S/C15H24N2O/c1-16-14-8-7-13(12-15(14)18-2)6-5-11-17-9-3-4-10-17/h7-8,12,16H,3-6,9-11H2,1-2H3. The molecule has 0 aliphatic carbocycles. The lowest BCUT2D eigenvalue weighted by molar-refractivity contribution is 0.334. The summed E-state index contributed by atoms with van der Waals surface area (Å²) in [4.78, 5) is 2.57. The van der Waals surface area contributed by atoms with Crippen LogP contribution in [0.4, 0.5) is 5.69 Å². The molecule has 1 aliphatic rings. The first-order chi connectivity index (χ1) is 8.83. The Labute approximate surface area is 110 Å². The van der Waals surface area contributed by atoms with E-state index in [2.05, 4.69) is 28.4 Å². The fourth-order valence-electron chi connectivity index (χ4n) is 2.61. The molecule has 1 heterocycles. The van der Waals surface area contributed by atoms with Gasteiger partial charge in [-0.05, 0) is 63.0 Å². The van der Waals surface area contributed by atoms with Crippen molar-refractivity contribution in [2.45, 2.75) is 25.7 Å². The number of aryl methyl sites for hydroxylation is 1. The molecule has 0 aromatic heterocycles. The summed E-state index contributed by atoms with van der Waals surface area (Å²) in [5.74, 6) is 0.941. The minimum absolute atomic E-state index is 0.941. The molecule has 1 aromatic carbocycles. The Kier molecular flexibility index (Phi) is 4.88. The maximum atomic E-state index is 5.38.